The van der Waals surface area contributed by atoms with Crippen molar-refractivity contribution in [2.24, 2.45) is 7.05 Å². The first-order valence-electron chi connectivity index (χ1n) is 7.18. The zero-order valence-electron chi connectivity index (χ0n) is 12.2. The fourth-order valence-corrected chi connectivity index (χ4v) is 2.91. The minimum absolute atomic E-state index is 0.0324. The molecule has 0 amide bonds. The number of aromatic nitrogens is 1. The molecule has 0 atom stereocenters. The molecule has 22 heavy (non-hydrogen) atoms. The SMILES string of the molecule is Cn1cc(Cc2ccc3c(c2)OCO3)c2ccccc2c1=O. The summed E-state index contributed by atoms with van der Waals surface area (Å²) in [4.78, 5) is 12.2. The third-order valence-corrected chi connectivity index (χ3v) is 4.00. The number of rotatable bonds is 2. The van der Waals surface area contributed by atoms with Crippen molar-refractivity contribution in [3.8, 4) is 11.5 Å². The molecule has 0 bridgehead atoms. The Morgan fingerprint density at radius 2 is 1.82 bits per heavy atom. The highest BCUT2D eigenvalue weighted by atomic mass is 16.7. The molecule has 0 fully saturated rings. The molecule has 1 aliphatic rings. The largest absolute Gasteiger partial charge is 0.454 e. The van der Waals surface area contributed by atoms with Crippen molar-refractivity contribution in [3.05, 3.63) is 70.1 Å². The highest BCUT2D eigenvalue weighted by molar-refractivity contribution is 5.85. The van der Waals surface area contributed by atoms with Gasteiger partial charge in [0.25, 0.3) is 5.56 Å². The van der Waals surface area contributed by atoms with Gasteiger partial charge in [0.2, 0.25) is 6.79 Å². The molecule has 4 heteroatoms. The minimum atomic E-state index is 0.0324. The average Bonchev–Trinajstić information content (AvgIpc) is 3.00. The van der Waals surface area contributed by atoms with E-state index in [4.69, 9.17) is 9.47 Å². The number of benzene rings is 2. The second-order valence-corrected chi connectivity index (χ2v) is 5.48. The zero-order chi connectivity index (χ0) is 15.1. The number of fused-ring (bicyclic) bond motifs is 2. The van der Waals surface area contributed by atoms with Gasteiger partial charge in [-0.1, -0.05) is 24.3 Å². The predicted octanol–water partition coefficient (Wildman–Crippen LogP) is 2.86. The smallest absolute Gasteiger partial charge is 0.258 e. The van der Waals surface area contributed by atoms with E-state index in [2.05, 4.69) is 0 Å². The molecular formula is C18H15NO3. The summed E-state index contributed by atoms with van der Waals surface area (Å²) in [6, 6.07) is 13.7. The Bertz CT molecular complexity index is 927. The van der Waals surface area contributed by atoms with Crippen LogP contribution in [-0.2, 0) is 13.5 Å². The van der Waals surface area contributed by atoms with Gasteiger partial charge in [0.1, 0.15) is 0 Å². The molecule has 0 radical (unpaired) electrons. The summed E-state index contributed by atoms with van der Waals surface area (Å²) in [5.41, 5.74) is 2.29. The van der Waals surface area contributed by atoms with Gasteiger partial charge >= 0.3 is 0 Å². The van der Waals surface area contributed by atoms with Gasteiger partial charge in [0.15, 0.2) is 11.5 Å². The van der Waals surface area contributed by atoms with Crippen LogP contribution >= 0.6 is 0 Å². The molecule has 0 aliphatic carbocycles. The number of hydrogen-bond acceptors (Lipinski definition) is 3. The Kier molecular flexibility index (Phi) is 2.89. The number of nitrogens with zero attached hydrogens (tertiary/aromatic N) is 1. The fraction of sp³-hybridized carbons (Fsp3) is 0.167. The Hall–Kier alpha value is -2.75. The van der Waals surface area contributed by atoms with Gasteiger partial charge in [-0.25, -0.2) is 0 Å². The Labute approximate surface area is 127 Å². The summed E-state index contributed by atoms with van der Waals surface area (Å²) in [5, 5.41) is 1.76. The van der Waals surface area contributed by atoms with E-state index in [9.17, 15) is 4.79 Å². The monoisotopic (exact) mass is 293 g/mol. The van der Waals surface area contributed by atoms with E-state index in [0.717, 1.165) is 39.8 Å². The van der Waals surface area contributed by atoms with Crippen molar-refractivity contribution in [3.63, 3.8) is 0 Å². The lowest BCUT2D eigenvalue weighted by Gasteiger charge is -2.10. The molecule has 1 aromatic heterocycles. The Balaban J connectivity index is 1.82. The standard InChI is InChI=1S/C18H15NO3/c1-19-10-13(14-4-2-3-5-15(14)18(19)20)8-12-6-7-16-17(9-12)22-11-21-16/h2-7,9-10H,8,11H2,1H3. The van der Waals surface area contributed by atoms with E-state index in [1.165, 1.54) is 0 Å². The zero-order valence-corrected chi connectivity index (χ0v) is 12.2. The molecular weight excluding hydrogens is 278 g/mol. The van der Waals surface area contributed by atoms with Crippen LogP contribution in [-0.4, -0.2) is 11.4 Å². The Morgan fingerprint density at radius 1 is 1.05 bits per heavy atom. The summed E-state index contributed by atoms with van der Waals surface area (Å²) in [6.45, 7) is 0.279. The predicted molar refractivity (Wildman–Crippen MR) is 84.6 cm³/mol. The van der Waals surface area contributed by atoms with Gasteiger partial charge in [-0.3, -0.25) is 4.79 Å². The summed E-state index contributed by atoms with van der Waals surface area (Å²) in [5.74, 6) is 1.57. The molecule has 0 unspecified atom stereocenters. The van der Waals surface area contributed by atoms with Crippen LogP contribution in [0.5, 0.6) is 11.5 Å². The Morgan fingerprint density at radius 3 is 2.68 bits per heavy atom. The first-order chi connectivity index (χ1) is 10.7. The lowest BCUT2D eigenvalue weighted by molar-refractivity contribution is 0.174. The van der Waals surface area contributed by atoms with E-state index >= 15 is 0 Å². The molecule has 3 aromatic rings. The van der Waals surface area contributed by atoms with E-state index < -0.39 is 0 Å². The highest BCUT2D eigenvalue weighted by Crippen LogP contribution is 2.33. The van der Waals surface area contributed by atoms with Gasteiger partial charge in [-0.2, -0.15) is 0 Å². The summed E-state index contributed by atoms with van der Waals surface area (Å²) >= 11 is 0. The van der Waals surface area contributed by atoms with Crippen molar-refractivity contribution in [2.75, 3.05) is 6.79 Å². The maximum absolute atomic E-state index is 12.2. The van der Waals surface area contributed by atoms with Crippen LogP contribution in [0.3, 0.4) is 0 Å². The molecule has 2 aromatic carbocycles. The number of ether oxygens (including phenoxy) is 2. The van der Waals surface area contributed by atoms with Crippen molar-refractivity contribution in [1.29, 1.82) is 0 Å². The van der Waals surface area contributed by atoms with Crippen molar-refractivity contribution >= 4 is 10.8 Å². The van der Waals surface area contributed by atoms with E-state index in [0.29, 0.717) is 0 Å². The average molecular weight is 293 g/mol. The van der Waals surface area contributed by atoms with Crippen LogP contribution in [0, 0.1) is 0 Å². The van der Waals surface area contributed by atoms with Crippen molar-refractivity contribution < 1.29 is 9.47 Å². The molecule has 2 heterocycles. The van der Waals surface area contributed by atoms with Gasteiger partial charge in [0, 0.05) is 18.6 Å². The van der Waals surface area contributed by atoms with Crippen LogP contribution in [0.1, 0.15) is 11.1 Å². The molecule has 0 N–H and O–H groups in total. The fourth-order valence-electron chi connectivity index (χ4n) is 2.91. The van der Waals surface area contributed by atoms with Crippen molar-refractivity contribution in [2.45, 2.75) is 6.42 Å². The molecule has 0 saturated carbocycles. The lowest BCUT2D eigenvalue weighted by atomic mass is 10.0. The minimum Gasteiger partial charge on any atom is -0.454 e. The number of aryl methyl sites for hydroxylation is 1. The number of pyridine rings is 1. The van der Waals surface area contributed by atoms with Gasteiger partial charge < -0.3 is 14.0 Å². The molecule has 4 nitrogen and oxygen atoms in total. The van der Waals surface area contributed by atoms with Gasteiger partial charge in [0.05, 0.1) is 0 Å². The summed E-state index contributed by atoms with van der Waals surface area (Å²) in [6.07, 6.45) is 2.65. The van der Waals surface area contributed by atoms with Crippen LogP contribution in [0.2, 0.25) is 0 Å². The van der Waals surface area contributed by atoms with E-state index in [1.807, 2.05) is 48.7 Å². The first-order valence-corrected chi connectivity index (χ1v) is 7.18. The summed E-state index contributed by atoms with van der Waals surface area (Å²) < 4.78 is 12.4. The molecule has 1 aliphatic heterocycles. The molecule has 110 valence electrons. The summed E-state index contributed by atoms with van der Waals surface area (Å²) in [7, 11) is 1.79. The molecule has 0 saturated heterocycles. The van der Waals surface area contributed by atoms with Gasteiger partial charge in [-0.05, 0) is 41.1 Å². The van der Waals surface area contributed by atoms with Crippen LogP contribution in [0.15, 0.2) is 53.5 Å². The van der Waals surface area contributed by atoms with Crippen LogP contribution < -0.4 is 15.0 Å². The van der Waals surface area contributed by atoms with E-state index in [-0.39, 0.29) is 12.4 Å². The van der Waals surface area contributed by atoms with Crippen LogP contribution in [0.4, 0.5) is 0 Å². The quantitative estimate of drug-likeness (QED) is 0.729. The third-order valence-electron chi connectivity index (χ3n) is 4.00. The number of hydrogen-bond donors (Lipinski definition) is 0. The highest BCUT2D eigenvalue weighted by Gasteiger charge is 2.14. The first kappa shape index (κ1) is 13.0. The normalized spacial score (nSPS) is 12.8. The maximum atomic E-state index is 12.2. The van der Waals surface area contributed by atoms with Crippen LogP contribution in [0.25, 0.3) is 10.8 Å². The lowest BCUT2D eigenvalue weighted by Crippen LogP contribution is -2.17. The molecule has 0 spiro atoms. The third kappa shape index (κ3) is 2.04. The van der Waals surface area contributed by atoms with Gasteiger partial charge in [-0.15, -0.1) is 0 Å². The molecule has 4 rings (SSSR count). The second kappa shape index (κ2) is 4.91. The van der Waals surface area contributed by atoms with E-state index in [1.54, 1.807) is 11.6 Å². The topological polar surface area (TPSA) is 40.5 Å². The van der Waals surface area contributed by atoms with Crippen molar-refractivity contribution in [1.82, 2.24) is 4.57 Å². The second-order valence-electron chi connectivity index (χ2n) is 5.48. The maximum Gasteiger partial charge on any atom is 0.258 e.